The van der Waals surface area contributed by atoms with Crippen LogP contribution in [0.25, 0.3) is 54.6 Å². The van der Waals surface area contributed by atoms with E-state index in [2.05, 4.69) is 151 Å². The van der Waals surface area contributed by atoms with E-state index in [0.29, 0.717) is 0 Å². The molecule has 0 amide bonds. The maximum Gasteiger partial charge on any atom is 0.136 e. The predicted molar refractivity (Wildman–Crippen MR) is 203 cm³/mol. The number of fused-ring (bicyclic) bond motifs is 19. The van der Waals surface area contributed by atoms with Crippen LogP contribution in [0.1, 0.15) is 43.1 Å². The molecule has 6 aromatic carbocycles. The van der Waals surface area contributed by atoms with Gasteiger partial charge in [-0.1, -0.05) is 121 Å². The third kappa shape index (κ3) is 3.00. The molecule has 0 atom stereocenters. The molecule has 0 saturated heterocycles. The largest absolute Gasteiger partial charge is 0.456 e. The molecule has 3 aliphatic carbocycles. The molecule has 0 unspecified atom stereocenters. The van der Waals surface area contributed by atoms with Gasteiger partial charge in [0.1, 0.15) is 11.2 Å². The van der Waals surface area contributed by atoms with Crippen LogP contribution in [0.15, 0.2) is 161 Å². The van der Waals surface area contributed by atoms with Gasteiger partial charge in [-0.05, 0) is 96.9 Å². The summed E-state index contributed by atoms with van der Waals surface area (Å²) in [6, 6.07) is 56.7. The fourth-order valence-electron chi connectivity index (χ4n) is 9.65. The van der Waals surface area contributed by atoms with Crippen LogP contribution in [-0.2, 0) is 10.8 Å². The van der Waals surface area contributed by atoms with Crippen molar-refractivity contribution in [3.63, 3.8) is 0 Å². The van der Waals surface area contributed by atoms with E-state index < -0.39 is 10.8 Å². The molecule has 1 nitrogen and oxygen atoms in total. The second kappa shape index (κ2) is 9.15. The number of thiophene rings is 2. The molecule has 49 heavy (non-hydrogen) atoms. The lowest BCUT2D eigenvalue weighted by Gasteiger charge is -2.45. The lowest BCUT2D eigenvalue weighted by molar-refractivity contribution is 0.662. The van der Waals surface area contributed by atoms with Crippen LogP contribution < -0.4 is 0 Å². The number of rotatable bonds is 1. The zero-order chi connectivity index (χ0) is 31.9. The van der Waals surface area contributed by atoms with Crippen LogP contribution in [0.2, 0.25) is 0 Å². The standard InChI is InChI=1S/C46H26OS2/c1-6-16-34-28(11-1)29-12-2-7-17-35(29)45(34)38-23-24-48-43(38)46(36-18-8-3-13-30(36)31-14-4-9-19-37(31)46)39-26-42(49-44(39)45)27-21-22-33-32-15-5-10-20-40(32)47-41(33)25-27/h1-26H. The molecule has 0 bridgehead atoms. The lowest BCUT2D eigenvalue weighted by Crippen LogP contribution is -2.41. The van der Waals surface area contributed by atoms with E-state index in [4.69, 9.17) is 4.42 Å². The second-order valence-corrected chi connectivity index (χ2v) is 15.5. The van der Waals surface area contributed by atoms with Gasteiger partial charge < -0.3 is 4.42 Å². The van der Waals surface area contributed by atoms with Crippen molar-refractivity contribution < 1.29 is 4.42 Å². The van der Waals surface area contributed by atoms with Crippen LogP contribution in [0.5, 0.6) is 0 Å². The van der Waals surface area contributed by atoms with Crippen molar-refractivity contribution in [2.45, 2.75) is 10.8 Å². The highest BCUT2D eigenvalue weighted by Gasteiger charge is 2.60. The minimum Gasteiger partial charge on any atom is -0.456 e. The summed E-state index contributed by atoms with van der Waals surface area (Å²) in [5, 5.41) is 4.66. The topological polar surface area (TPSA) is 13.1 Å². The number of furan rings is 1. The third-order valence-electron chi connectivity index (χ3n) is 11.5. The fourth-order valence-corrected chi connectivity index (χ4v) is 12.3. The molecule has 3 aliphatic rings. The molecular formula is C46H26OS2. The first-order valence-corrected chi connectivity index (χ1v) is 18.5. The van der Waals surface area contributed by atoms with Crippen molar-refractivity contribution in [1.29, 1.82) is 0 Å². The zero-order valence-corrected chi connectivity index (χ0v) is 27.9. The van der Waals surface area contributed by atoms with Gasteiger partial charge in [-0.3, -0.25) is 0 Å². The first-order valence-electron chi connectivity index (χ1n) is 16.8. The van der Waals surface area contributed by atoms with Crippen LogP contribution in [0, 0.1) is 0 Å². The summed E-state index contributed by atoms with van der Waals surface area (Å²) in [4.78, 5) is 4.12. The van der Waals surface area contributed by atoms with Crippen molar-refractivity contribution >= 4 is 44.6 Å². The summed E-state index contributed by atoms with van der Waals surface area (Å²) < 4.78 is 6.43. The molecule has 3 heterocycles. The van der Waals surface area contributed by atoms with Gasteiger partial charge in [-0.2, -0.15) is 0 Å². The average Bonchev–Trinajstić information content (AvgIpc) is 3.98. The first kappa shape index (κ1) is 26.5. The Morgan fingerprint density at radius 1 is 0.408 bits per heavy atom. The summed E-state index contributed by atoms with van der Waals surface area (Å²) in [6.07, 6.45) is 0. The third-order valence-corrected chi connectivity index (χ3v) is 13.8. The summed E-state index contributed by atoms with van der Waals surface area (Å²) in [5.41, 5.74) is 15.9. The normalized spacial score (nSPS) is 15.3. The van der Waals surface area contributed by atoms with Gasteiger partial charge in [-0.25, -0.2) is 0 Å². The first-order chi connectivity index (χ1) is 24.3. The Balaban J connectivity index is 1.24. The Hall–Kier alpha value is -5.48. The molecule has 0 aliphatic heterocycles. The summed E-state index contributed by atoms with van der Waals surface area (Å²) in [6.45, 7) is 0. The predicted octanol–water partition coefficient (Wildman–Crippen LogP) is 12.4. The Kier molecular flexibility index (Phi) is 4.94. The Morgan fingerprint density at radius 2 is 0.939 bits per heavy atom. The number of hydrogen-bond donors (Lipinski definition) is 0. The molecular weight excluding hydrogens is 633 g/mol. The number of para-hydroxylation sites is 1. The quantitative estimate of drug-likeness (QED) is 0.171. The van der Waals surface area contributed by atoms with Crippen molar-refractivity contribution in [2.75, 3.05) is 0 Å². The minimum atomic E-state index is -0.415. The van der Waals surface area contributed by atoms with E-state index in [-0.39, 0.29) is 0 Å². The van der Waals surface area contributed by atoms with E-state index in [1.807, 2.05) is 28.7 Å². The van der Waals surface area contributed by atoms with Crippen LogP contribution in [-0.4, -0.2) is 0 Å². The number of hydrogen-bond acceptors (Lipinski definition) is 3. The van der Waals surface area contributed by atoms with Crippen LogP contribution in [0.4, 0.5) is 0 Å². The Bertz CT molecular complexity index is 2630. The molecule has 228 valence electrons. The van der Waals surface area contributed by atoms with Crippen molar-refractivity contribution in [3.8, 4) is 32.7 Å². The van der Waals surface area contributed by atoms with Gasteiger partial charge in [0.25, 0.3) is 0 Å². The molecule has 0 N–H and O–H groups in total. The Labute approximate surface area is 291 Å². The minimum absolute atomic E-state index is 0.415. The van der Waals surface area contributed by atoms with Gasteiger partial charge in [0, 0.05) is 25.4 Å². The van der Waals surface area contributed by atoms with Gasteiger partial charge in [0.05, 0.1) is 10.8 Å². The molecule has 9 aromatic rings. The van der Waals surface area contributed by atoms with Gasteiger partial charge in [0.15, 0.2) is 0 Å². The molecule has 0 saturated carbocycles. The molecule has 2 spiro atoms. The van der Waals surface area contributed by atoms with E-state index in [9.17, 15) is 0 Å². The SMILES string of the molecule is c1ccc2c(c1)-c1ccccc1C21c2cc(-c3ccc4c(c3)oc3ccccc34)sc2C2(c3ccccc3-c3ccccc32)c2ccsc21. The van der Waals surface area contributed by atoms with Gasteiger partial charge in [0.2, 0.25) is 0 Å². The number of benzene rings is 6. The molecule has 0 fully saturated rings. The van der Waals surface area contributed by atoms with E-state index in [1.54, 1.807) is 0 Å². The summed E-state index contributed by atoms with van der Waals surface area (Å²) in [5.74, 6) is 0. The van der Waals surface area contributed by atoms with Crippen LogP contribution >= 0.6 is 22.7 Å². The fraction of sp³-hybridized carbons (Fsp3) is 0.0435. The van der Waals surface area contributed by atoms with Crippen LogP contribution in [0.3, 0.4) is 0 Å². The van der Waals surface area contributed by atoms with Crippen molar-refractivity contribution in [1.82, 2.24) is 0 Å². The highest BCUT2D eigenvalue weighted by molar-refractivity contribution is 7.16. The average molecular weight is 659 g/mol. The maximum atomic E-state index is 6.43. The summed E-state index contributed by atoms with van der Waals surface area (Å²) in [7, 11) is 0. The lowest BCUT2D eigenvalue weighted by atomic mass is 9.58. The van der Waals surface area contributed by atoms with Gasteiger partial charge >= 0.3 is 0 Å². The van der Waals surface area contributed by atoms with Gasteiger partial charge in [-0.15, -0.1) is 22.7 Å². The maximum absolute atomic E-state index is 6.43. The molecule has 3 aromatic heterocycles. The van der Waals surface area contributed by atoms with E-state index >= 15 is 0 Å². The monoisotopic (exact) mass is 658 g/mol. The second-order valence-electron chi connectivity index (χ2n) is 13.5. The van der Waals surface area contributed by atoms with E-state index in [1.165, 1.54) is 75.8 Å². The highest BCUT2D eigenvalue weighted by atomic mass is 32.1. The molecule has 0 radical (unpaired) electrons. The molecule has 12 rings (SSSR count). The Morgan fingerprint density at radius 3 is 1.57 bits per heavy atom. The smallest absolute Gasteiger partial charge is 0.136 e. The van der Waals surface area contributed by atoms with E-state index in [0.717, 1.165) is 21.9 Å². The highest BCUT2D eigenvalue weighted by Crippen LogP contribution is 2.70. The van der Waals surface area contributed by atoms with Crippen molar-refractivity contribution in [2.24, 2.45) is 0 Å². The summed E-state index contributed by atoms with van der Waals surface area (Å²) >= 11 is 3.89. The molecule has 3 heteroatoms. The van der Waals surface area contributed by atoms with Crippen molar-refractivity contribution in [3.05, 3.63) is 200 Å². The zero-order valence-electron chi connectivity index (χ0n) is 26.2.